The molecule has 6 heteroatoms. The molecule has 0 saturated heterocycles. The van der Waals surface area contributed by atoms with Crippen molar-refractivity contribution in [2.24, 2.45) is 5.73 Å². The van der Waals surface area contributed by atoms with Gasteiger partial charge in [0.05, 0.1) is 12.1 Å². The van der Waals surface area contributed by atoms with Gasteiger partial charge in [0.2, 0.25) is 5.91 Å². The van der Waals surface area contributed by atoms with Crippen LogP contribution in [0.5, 0.6) is 0 Å². The number of amides is 1. The smallest absolute Gasteiger partial charge is 0.343 e. The molecule has 1 amide bonds. The molecule has 1 aliphatic rings. The normalized spacial score (nSPS) is 13.4. The van der Waals surface area contributed by atoms with E-state index in [0.717, 1.165) is 40.6 Å². The van der Waals surface area contributed by atoms with Gasteiger partial charge >= 0.3 is 5.97 Å². The molecule has 0 atom stereocenters. The minimum atomic E-state index is -0.586. The van der Waals surface area contributed by atoms with Crippen LogP contribution in [0.1, 0.15) is 57.5 Å². The third-order valence-electron chi connectivity index (χ3n) is 5.41. The van der Waals surface area contributed by atoms with Gasteiger partial charge in [0, 0.05) is 11.8 Å². The molecule has 0 bridgehead atoms. The van der Waals surface area contributed by atoms with E-state index in [9.17, 15) is 14.4 Å². The summed E-state index contributed by atoms with van der Waals surface area (Å²) in [5, 5.41) is 0. The molecule has 0 spiro atoms. The van der Waals surface area contributed by atoms with Crippen molar-refractivity contribution < 1.29 is 14.3 Å². The summed E-state index contributed by atoms with van der Waals surface area (Å²) in [4.78, 5) is 36.6. The number of hydrogen-bond donors (Lipinski definition) is 1. The molecule has 148 valence electrons. The maximum Gasteiger partial charge on any atom is 0.343 e. The van der Waals surface area contributed by atoms with E-state index in [2.05, 4.69) is 0 Å². The first-order chi connectivity index (χ1) is 13.9. The van der Waals surface area contributed by atoms with Crippen molar-refractivity contribution in [3.05, 3.63) is 75.2 Å². The van der Waals surface area contributed by atoms with Gasteiger partial charge in [-0.25, -0.2) is 4.79 Å². The Hall–Kier alpha value is -3.41. The molecule has 6 nitrogen and oxygen atoms in total. The highest BCUT2D eigenvalue weighted by Crippen LogP contribution is 2.43. The first kappa shape index (κ1) is 18.9. The fourth-order valence-electron chi connectivity index (χ4n) is 3.78. The van der Waals surface area contributed by atoms with E-state index >= 15 is 0 Å². The van der Waals surface area contributed by atoms with Gasteiger partial charge in [0.25, 0.3) is 5.56 Å². The Balaban J connectivity index is 1.93. The van der Waals surface area contributed by atoms with Gasteiger partial charge < -0.3 is 10.5 Å². The Morgan fingerprint density at radius 3 is 2.45 bits per heavy atom. The van der Waals surface area contributed by atoms with E-state index in [1.165, 1.54) is 0 Å². The van der Waals surface area contributed by atoms with Gasteiger partial charge in [-0.2, -0.15) is 0 Å². The van der Waals surface area contributed by atoms with Crippen molar-refractivity contribution in [3.63, 3.8) is 0 Å². The number of primary amides is 1. The molecule has 0 unspecified atom stereocenters. The summed E-state index contributed by atoms with van der Waals surface area (Å²) in [6.07, 6.45) is 3.77. The molecular weight excluding hydrogens is 368 g/mol. The van der Waals surface area contributed by atoms with Gasteiger partial charge in [-0.3, -0.25) is 14.0 Å². The van der Waals surface area contributed by atoms with Crippen LogP contribution < -0.4 is 11.3 Å². The molecule has 4 rings (SSSR count). The summed E-state index contributed by atoms with van der Waals surface area (Å²) >= 11 is 0. The lowest BCUT2D eigenvalue weighted by Gasteiger charge is -2.16. The number of pyridine rings is 2. The summed E-state index contributed by atoms with van der Waals surface area (Å²) in [7, 11) is 0. The zero-order valence-electron chi connectivity index (χ0n) is 16.4. The second kappa shape index (κ2) is 7.20. The van der Waals surface area contributed by atoms with E-state index in [0.29, 0.717) is 11.5 Å². The van der Waals surface area contributed by atoms with E-state index in [-0.39, 0.29) is 17.7 Å². The van der Waals surface area contributed by atoms with Crippen LogP contribution in [-0.4, -0.2) is 22.9 Å². The molecule has 29 heavy (non-hydrogen) atoms. The van der Waals surface area contributed by atoms with Crippen molar-refractivity contribution in [3.8, 4) is 11.1 Å². The zero-order chi connectivity index (χ0) is 20.7. The molecule has 2 aromatic heterocycles. The van der Waals surface area contributed by atoms with Crippen molar-refractivity contribution in [1.82, 2.24) is 4.40 Å². The lowest BCUT2D eigenvalue weighted by Crippen LogP contribution is -2.25. The van der Waals surface area contributed by atoms with Crippen LogP contribution in [0.3, 0.4) is 0 Å². The maximum atomic E-state index is 13.0. The third kappa shape index (κ3) is 3.31. The topological polar surface area (TPSA) is 90.9 Å². The predicted octanol–water partition coefficient (Wildman–Crippen LogP) is 3.43. The highest BCUT2D eigenvalue weighted by molar-refractivity contribution is 5.93. The van der Waals surface area contributed by atoms with Crippen LogP contribution in [0.4, 0.5) is 0 Å². The van der Waals surface area contributed by atoms with Crippen molar-refractivity contribution in [2.75, 3.05) is 6.61 Å². The molecule has 0 radical (unpaired) electrons. The van der Waals surface area contributed by atoms with Crippen molar-refractivity contribution in [1.29, 1.82) is 0 Å². The Morgan fingerprint density at radius 2 is 1.86 bits per heavy atom. The fourth-order valence-corrected chi connectivity index (χ4v) is 3.78. The van der Waals surface area contributed by atoms with Crippen LogP contribution in [0.25, 0.3) is 16.6 Å². The van der Waals surface area contributed by atoms with Gasteiger partial charge in [-0.1, -0.05) is 12.1 Å². The molecule has 0 aliphatic heterocycles. The quantitative estimate of drug-likeness (QED) is 0.676. The van der Waals surface area contributed by atoms with Crippen LogP contribution in [0, 0.1) is 6.92 Å². The lowest BCUT2D eigenvalue weighted by molar-refractivity contribution is 0.0524. The predicted molar refractivity (Wildman–Crippen MR) is 110 cm³/mol. The van der Waals surface area contributed by atoms with Crippen molar-refractivity contribution in [2.45, 2.75) is 32.6 Å². The van der Waals surface area contributed by atoms with E-state index < -0.39 is 11.9 Å². The van der Waals surface area contributed by atoms with Crippen LogP contribution >= 0.6 is 0 Å². The second-order valence-electron chi connectivity index (χ2n) is 7.33. The van der Waals surface area contributed by atoms with E-state index in [1.807, 2.05) is 25.1 Å². The fraction of sp³-hybridized carbons (Fsp3) is 0.261. The number of aromatic nitrogens is 1. The summed E-state index contributed by atoms with van der Waals surface area (Å²) in [6, 6.07) is 10.6. The summed E-state index contributed by atoms with van der Waals surface area (Å²) in [5.74, 6) is -0.719. The van der Waals surface area contributed by atoms with Gasteiger partial charge in [0.15, 0.2) is 0 Å². The number of benzene rings is 1. The number of carbonyl (C=O) groups is 2. The van der Waals surface area contributed by atoms with Crippen molar-refractivity contribution >= 4 is 17.4 Å². The largest absolute Gasteiger partial charge is 0.462 e. The number of nitrogens with zero attached hydrogens (tertiary/aromatic N) is 1. The third-order valence-corrected chi connectivity index (χ3v) is 5.41. The monoisotopic (exact) mass is 390 g/mol. The first-order valence-corrected chi connectivity index (χ1v) is 9.68. The molecule has 1 saturated carbocycles. The number of carbonyl (C=O) groups excluding carboxylic acids is 2. The van der Waals surface area contributed by atoms with E-state index in [1.54, 1.807) is 35.7 Å². The highest BCUT2D eigenvalue weighted by atomic mass is 16.5. The standard InChI is InChI=1S/C23H22N2O4/c1-3-29-23(28)19-12-18(15-4-5-15)20-13(2)17(10-11-25(20)22(19)27)14-6-8-16(9-7-14)21(24)26/h6-12,15H,3-5H2,1-2H3,(H2,24,26). The lowest BCUT2D eigenvalue weighted by atomic mass is 9.96. The maximum absolute atomic E-state index is 13.0. The Labute approximate surface area is 167 Å². The van der Waals surface area contributed by atoms with Gasteiger partial charge in [-0.15, -0.1) is 0 Å². The minimum absolute atomic E-state index is 0.0733. The first-order valence-electron chi connectivity index (χ1n) is 9.68. The van der Waals surface area contributed by atoms with Crippen LogP contribution in [-0.2, 0) is 4.74 Å². The number of rotatable bonds is 5. The second-order valence-corrected chi connectivity index (χ2v) is 7.33. The van der Waals surface area contributed by atoms with Crippen LogP contribution in [0.2, 0.25) is 0 Å². The van der Waals surface area contributed by atoms with Crippen LogP contribution in [0.15, 0.2) is 47.4 Å². The Morgan fingerprint density at radius 1 is 1.17 bits per heavy atom. The molecule has 1 fully saturated rings. The number of fused-ring (bicyclic) bond motifs is 1. The number of hydrogen-bond acceptors (Lipinski definition) is 4. The number of nitrogens with two attached hydrogens (primary N) is 1. The number of ether oxygens (including phenoxy) is 1. The Bertz CT molecular complexity index is 1190. The average Bonchev–Trinajstić information content (AvgIpc) is 3.54. The average molecular weight is 390 g/mol. The zero-order valence-corrected chi connectivity index (χ0v) is 16.4. The van der Waals surface area contributed by atoms with Gasteiger partial charge in [0.1, 0.15) is 5.56 Å². The van der Waals surface area contributed by atoms with E-state index in [4.69, 9.17) is 10.5 Å². The molecule has 2 heterocycles. The number of esters is 1. The summed E-state index contributed by atoms with van der Waals surface area (Å²) in [5.41, 5.74) is 10.2. The summed E-state index contributed by atoms with van der Waals surface area (Å²) in [6.45, 7) is 3.92. The van der Waals surface area contributed by atoms with Gasteiger partial charge in [-0.05, 0) is 79.1 Å². The number of aryl methyl sites for hydroxylation is 1. The molecule has 1 aromatic carbocycles. The molecule has 3 aromatic rings. The SMILES string of the molecule is CCOC(=O)c1cc(C2CC2)c2c(C)c(-c3ccc(C(N)=O)cc3)ccn2c1=O. The molecular formula is C23H22N2O4. The minimum Gasteiger partial charge on any atom is -0.462 e. The molecule has 1 aliphatic carbocycles. The molecule has 2 N–H and O–H groups in total. The highest BCUT2D eigenvalue weighted by Gasteiger charge is 2.29. The summed E-state index contributed by atoms with van der Waals surface area (Å²) < 4.78 is 6.63. The Kier molecular flexibility index (Phi) is 4.70.